The van der Waals surface area contributed by atoms with Crippen molar-refractivity contribution in [1.29, 1.82) is 0 Å². The molecule has 2 aliphatic heterocycles. The maximum Gasteiger partial charge on any atom is 0.223 e. The van der Waals surface area contributed by atoms with Crippen LogP contribution in [0.15, 0.2) is 24.3 Å². The predicted octanol–water partition coefficient (Wildman–Crippen LogP) is 2.98. The van der Waals surface area contributed by atoms with Gasteiger partial charge in [-0.2, -0.15) is 0 Å². The topological polar surface area (TPSA) is 32.3 Å². The Bertz CT molecular complexity index is 490. The molecule has 1 amide bonds. The standard InChI is InChI=1S/C18H26N2O.ClH/c1-3-14(15-6-4-13(2)5-7-15)8-18(21)20-11-16-9-19-10-17(16)12-20;/h4-7,14,16-17,19H,3,8-12H2,1-2H3;1H/t14?,16-,17+;. The predicted molar refractivity (Wildman–Crippen MR) is 92.5 cm³/mol. The van der Waals surface area contributed by atoms with E-state index in [-0.39, 0.29) is 12.4 Å². The van der Waals surface area contributed by atoms with E-state index in [1.807, 2.05) is 0 Å². The van der Waals surface area contributed by atoms with Gasteiger partial charge < -0.3 is 10.2 Å². The Kier molecular flexibility index (Phi) is 5.87. The lowest BCUT2D eigenvalue weighted by atomic mass is 9.92. The number of fused-ring (bicyclic) bond motifs is 1. The number of rotatable bonds is 4. The molecule has 0 saturated carbocycles. The number of hydrogen-bond donors (Lipinski definition) is 1. The second-order valence-corrected chi connectivity index (χ2v) is 6.70. The number of carbonyl (C=O) groups is 1. The van der Waals surface area contributed by atoms with E-state index >= 15 is 0 Å². The molecule has 4 heteroatoms. The minimum atomic E-state index is 0. The molecule has 0 aliphatic carbocycles. The molecule has 2 saturated heterocycles. The molecule has 0 bridgehead atoms. The van der Waals surface area contributed by atoms with Crippen molar-refractivity contribution in [2.75, 3.05) is 26.2 Å². The van der Waals surface area contributed by atoms with Gasteiger partial charge in [0, 0.05) is 32.6 Å². The van der Waals surface area contributed by atoms with Crippen molar-refractivity contribution in [2.24, 2.45) is 11.8 Å². The van der Waals surface area contributed by atoms with Crippen LogP contribution in [0.25, 0.3) is 0 Å². The van der Waals surface area contributed by atoms with E-state index in [0.717, 1.165) is 32.6 Å². The Hall–Kier alpha value is -1.06. The first kappa shape index (κ1) is 17.3. The van der Waals surface area contributed by atoms with E-state index in [0.29, 0.717) is 30.1 Å². The van der Waals surface area contributed by atoms with Crippen molar-refractivity contribution < 1.29 is 4.79 Å². The van der Waals surface area contributed by atoms with Gasteiger partial charge in [-0.05, 0) is 36.7 Å². The summed E-state index contributed by atoms with van der Waals surface area (Å²) in [6.45, 7) is 8.38. The summed E-state index contributed by atoms with van der Waals surface area (Å²) >= 11 is 0. The summed E-state index contributed by atoms with van der Waals surface area (Å²) in [5.74, 6) is 2.08. The Morgan fingerprint density at radius 1 is 1.23 bits per heavy atom. The highest BCUT2D eigenvalue weighted by atomic mass is 35.5. The molecular formula is C18H27ClN2O. The molecule has 1 aromatic rings. The molecule has 3 atom stereocenters. The Balaban J connectivity index is 0.00000176. The fourth-order valence-corrected chi connectivity index (χ4v) is 3.74. The molecule has 1 N–H and O–H groups in total. The van der Waals surface area contributed by atoms with Crippen LogP contribution in [0.5, 0.6) is 0 Å². The van der Waals surface area contributed by atoms with E-state index in [2.05, 4.69) is 48.3 Å². The number of nitrogens with zero attached hydrogens (tertiary/aromatic N) is 1. The van der Waals surface area contributed by atoms with Crippen LogP contribution in [-0.2, 0) is 4.79 Å². The van der Waals surface area contributed by atoms with Crippen LogP contribution in [0.1, 0.15) is 36.8 Å². The summed E-state index contributed by atoms with van der Waals surface area (Å²) in [5.41, 5.74) is 2.58. The smallest absolute Gasteiger partial charge is 0.223 e. The van der Waals surface area contributed by atoms with Crippen LogP contribution in [0.4, 0.5) is 0 Å². The van der Waals surface area contributed by atoms with Crippen molar-refractivity contribution in [1.82, 2.24) is 10.2 Å². The van der Waals surface area contributed by atoms with Crippen LogP contribution in [0.3, 0.4) is 0 Å². The number of aryl methyl sites for hydroxylation is 1. The van der Waals surface area contributed by atoms with Crippen molar-refractivity contribution in [2.45, 2.75) is 32.6 Å². The van der Waals surface area contributed by atoms with Crippen molar-refractivity contribution in [3.8, 4) is 0 Å². The van der Waals surface area contributed by atoms with Crippen molar-refractivity contribution in [3.63, 3.8) is 0 Å². The monoisotopic (exact) mass is 322 g/mol. The zero-order chi connectivity index (χ0) is 14.8. The van der Waals surface area contributed by atoms with E-state index in [1.54, 1.807) is 0 Å². The first-order chi connectivity index (χ1) is 10.2. The van der Waals surface area contributed by atoms with Crippen LogP contribution < -0.4 is 5.32 Å². The number of nitrogens with one attached hydrogen (secondary N) is 1. The summed E-state index contributed by atoms with van der Waals surface area (Å²) in [6, 6.07) is 8.65. The number of benzene rings is 1. The van der Waals surface area contributed by atoms with Crippen molar-refractivity contribution >= 4 is 18.3 Å². The van der Waals surface area contributed by atoms with Crippen molar-refractivity contribution in [3.05, 3.63) is 35.4 Å². The van der Waals surface area contributed by atoms with Crippen LogP contribution in [-0.4, -0.2) is 37.0 Å². The molecule has 2 heterocycles. The third kappa shape index (κ3) is 3.64. The molecule has 3 rings (SSSR count). The first-order valence-corrected chi connectivity index (χ1v) is 8.22. The molecule has 1 unspecified atom stereocenters. The van der Waals surface area contributed by atoms with E-state index in [1.165, 1.54) is 11.1 Å². The molecule has 2 aliphatic rings. The van der Waals surface area contributed by atoms with Gasteiger partial charge in [-0.1, -0.05) is 36.8 Å². The molecular weight excluding hydrogens is 296 g/mol. The quantitative estimate of drug-likeness (QED) is 0.924. The number of carbonyl (C=O) groups excluding carboxylic acids is 1. The van der Waals surface area contributed by atoms with Gasteiger partial charge in [-0.3, -0.25) is 4.79 Å². The SMILES string of the molecule is CCC(CC(=O)N1C[C@H]2CNC[C@H]2C1)c1ccc(C)cc1.Cl. The van der Waals surface area contributed by atoms with Gasteiger partial charge in [0.15, 0.2) is 0 Å². The van der Waals surface area contributed by atoms with E-state index in [4.69, 9.17) is 0 Å². The van der Waals surface area contributed by atoms with Crippen LogP contribution >= 0.6 is 12.4 Å². The lowest BCUT2D eigenvalue weighted by molar-refractivity contribution is -0.130. The summed E-state index contributed by atoms with van der Waals surface area (Å²) in [5, 5.41) is 3.43. The highest BCUT2D eigenvalue weighted by Crippen LogP contribution is 2.29. The fraction of sp³-hybridized carbons (Fsp3) is 0.611. The van der Waals surface area contributed by atoms with Gasteiger partial charge in [0.1, 0.15) is 0 Å². The Morgan fingerprint density at radius 3 is 2.36 bits per heavy atom. The van der Waals surface area contributed by atoms with E-state index in [9.17, 15) is 4.79 Å². The minimum absolute atomic E-state index is 0. The van der Waals surface area contributed by atoms with E-state index < -0.39 is 0 Å². The highest BCUT2D eigenvalue weighted by molar-refractivity contribution is 5.85. The average Bonchev–Trinajstić information content (AvgIpc) is 3.07. The number of hydrogen-bond acceptors (Lipinski definition) is 2. The van der Waals surface area contributed by atoms with Crippen LogP contribution in [0, 0.1) is 18.8 Å². The largest absolute Gasteiger partial charge is 0.342 e. The molecule has 122 valence electrons. The summed E-state index contributed by atoms with van der Waals surface area (Å²) in [4.78, 5) is 14.7. The maximum absolute atomic E-state index is 12.6. The Morgan fingerprint density at radius 2 is 1.82 bits per heavy atom. The molecule has 3 nitrogen and oxygen atoms in total. The highest BCUT2D eigenvalue weighted by Gasteiger charge is 2.38. The van der Waals surface area contributed by atoms with Crippen LogP contribution in [0.2, 0.25) is 0 Å². The van der Waals surface area contributed by atoms with Gasteiger partial charge >= 0.3 is 0 Å². The lowest BCUT2D eigenvalue weighted by Crippen LogP contribution is -2.32. The lowest BCUT2D eigenvalue weighted by Gasteiger charge is -2.21. The zero-order valence-corrected chi connectivity index (χ0v) is 14.4. The van der Waals surface area contributed by atoms with Gasteiger partial charge in [0.2, 0.25) is 5.91 Å². The molecule has 1 aromatic carbocycles. The molecule has 0 spiro atoms. The summed E-state index contributed by atoms with van der Waals surface area (Å²) in [7, 11) is 0. The molecule has 22 heavy (non-hydrogen) atoms. The van der Waals surface area contributed by atoms with Gasteiger partial charge in [-0.25, -0.2) is 0 Å². The third-order valence-corrected chi connectivity index (χ3v) is 5.20. The number of halogens is 1. The first-order valence-electron chi connectivity index (χ1n) is 8.22. The second-order valence-electron chi connectivity index (χ2n) is 6.70. The normalized spacial score (nSPS) is 24.7. The minimum Gasteiger partial charge on any atom is -0.342 e. The summed E-state index contributed by atoms with van der Waals surface area (Å²) < 4.78 is 0. The summed E-state index contributed by atoms with van der Waals surface area (Å²) in [6.07, 6.45) is 1.68. The molecule has 0 radical (unpaired) electrons. The molecule has 0 aromatic heterocycles. The number of amides is 1. The number of likely N-dealkylation sites (tertiary alicyclic amines) is 1. The van der Waals surface area contributed by atoms with Gasteiger partial charge in [0.05, 0.1) is 0 Å². The van der Waals surface area contributed by atoms with Gasteiger partial charge in [0.25, 0.3) is 0 Å². The fourth-order valence-electron chi connectivity index (χ4n) is 3.74. The second kappa shape index (κ2) is 7.47. The maximum atomic E-state index is 12.6. The molecule has 2 fully saturated rings. The Labute approximate surface area is 139 Å². The third-order valence-electron chi connectivity index (χ3n) is 5.20. The van der Waals surface area contributed by atoms with Gasteiger partial charge in [-0.15, -0.1) is 12.4 Å². The zero-order valence-electron chi connectivity index (χ0n) is 13.5. The average molecular weight is 323 g/mol.